The molecule has 0 aliphatic heterocycles. The Morgan fingerprint density at radius 1 is 1.38 bits per heavy atom. The summed E-state index contributed by atoms with van der Waals surface area (Å²) in [5.74, 6) is 5.36. The standard InChI is InChI=1S/C10H13BrN2/c11-8-4-3-6-9-5-1-2-7-10(9)13-12/h1-3,5-7,13H,4,8,12H2. The summed E-state index contributed by atoms with van der Waals surface area (Å²) in [7, 11) is 0. The molecule has 0 saturated carbocycles. The van der Waals surface area contributed by atoms with E-state index in [0.717, 1.165) is 23.0 Å². The van der Waals surface area contributed by atoms with Gasteiger partial charge in [0, 0.05) is 5.33 Å². The predicted molar refractivity (Wildman–Crippen MR) is 61.7 cm³/mol. The van der Waals surface area contributed by atoms with Crippen LogP contribution in [-0.4, -0.2) is 5.33 Å². The second-order valence-electron chi connectivity index (χ2n) is 2.61. The number of hydrogen-bond donors (Lipinski definition) is 2. The SMILES string of the molecule is NNc1ccccc1C=CCCBr. The minimum absolute atomic E-state index is 0.952. The van der Waals surface area contributed by atoms with Crippen molar-refractivity contribution in [3.8, 4) is 0 Å². The zero-order valence-corrected chi connectivity index (χ0v) is 8.92. The van der Waals surface area contributed by atoms with Gasteiger partial charge < -0.3 is 5.43 Å². The van der Waals surface area contributed by atoms with Crippen LogP contribution in [0.3, 0.4) is 0 Å². The summed E-state index contributed by atoms with van der Waals surface area (Å²) in [6.07, 6.45) is 5.21. The molecule has 3 N–H and O–H groups in total. The average molecular weight is 241 g/mol. The fourth-order valence-electron chi connectivity index (χ4n) is 1.05. The predicted octanol–water partition coefficient (Wildman–Crippen LogP) is 2.77. The van der Waals surface area contributed by atoms with Crippen molar-refractivity contribution >= 4 is 27.7 Å². The molecule has 0 aliphatic carbocycles. The van der Waals surface area contributed by atoms with Crippen molar-refractivity contribution in [2.24, 2.45) is 5.84 Å². The Bertz CT molecular complexity index is 284. The molecule has 0 fully saturated rings. The zero-order valence-electron chi connectivity index (χ0n) is 7.33. The van der Waals surface area contributed by atoms with Gasteiger partial charge >= 0.3 is 0 Å². The van der Waals surface area contributed by atoms with Crippen LogP contribution in [0.25, 0.3) is 6.08 Å². The van der Waals surface area contributed by atoms with E-state index < -0.39 is 0 Å². The quantitative estimate of drug-likeness (QED) is 0.483. The van der Waals surface area contributed by atoms with Crippen LogP contribution in [0, 0.1) is 0 Å². The van der Waals surface area contributed by atoms with Gasteiger partial charge in [-0.05, 0) is 18.1 Å². The van der Waals surface area contributed by atoms with Gasteiger partial charge in [0.2, 0.25) is 0 Å². The van der Waals surface area contributed by atoms with Crippen molar-refractivity contribution in [1.29, 1.82) is 0 Å². The van der Waals surface area contributed by atoms with Crippen LogP contribution < -0.4 is 11.3 Å². The van der Waals surface area contributed by atoms with E-state index in [2.05, 4.69) is 33.5 Å². The summed E-state index contributed by atoms with van der Waals surface area (Å²) in [5.41, 5.74) is 4.73. The molecule has 0 bridgehead atoms. The van der Waals surface area contributed by atoms with Crippen LogP contribution in [-0.2, 0) is 0 Å². The monoisotopic (exact) mass is 240 g/mol. The molecule has 1 aromatic carbocycles. The highest BCUT2D eigenvalue weighted by molar-refractivity contribution is 9.09. The third-order valence-corrected chi connectivity index (χ3v) is 2.15. The Hall–Kier alpha value is -0.800. The molecule has 0 saturated heterocycles. The molecule has 0 aliphatic rings. The molecule has 1 aromatic rings. The first-order valence-corrected chi connectivity index (χ1v) is 5.29. The van der Waals surface area contributed by atoms with Gasteiger partial charge in [-0.3, -0.25) is 5.84 Å². The van der Waals surface area contributed by atoms with Crippen molar-refractivity contribution < 1.29 is 0 Å². The number of hydrogen-bond acceptors (Lipinski definition) is 2. The molecule has 3 heteroatoms. The number of rotatable bonds is 4. The molecule has 0 radical (unpaired) electrons. The normalized spacial score (nSPS) is 10.6. The van der Waals surface area contributed by atoms with Crippen LogP contribution in [0.5, 0.6) is 0 Å². The van der Waals surface area contributed by atoms with Crippen LogP contribution in [0.4, 0.5) is 5.69 Å². The largest absolute Gasteiger partial charge is 0.324 e. The van der Waals surface area contributed by atoms with Crippen LogP contribution in [0.1, 0.15) is 12.0 Å². The molecule has 0 amide bonds. The summed E-state index contributed by atoms with van der Waals surface area (Å²) in [6.45, 7) is 0. The zero-order chi connectivity index (χ0) is 9.52. The van der Waals surface area contributed by atoms with Gasteiger partial charge in [-0.1, -0.05) is 46.3 Å². The summed E-state index contributed by atoms with van der Waals surface area (Å²) in [4.78, 5) is 0. The fraction of sp³-hybridized carbons (Fsp3) is 0.200. The van der Waals surface area contributed by atoms with Gasteiger partial charge in [-0.25, -0.2) is 0 Å². The highest BCUT2D eigenvalue weighted by Crippen LogP contribution is 2.15. The maximum absolute atomic E-state index is 5.36. The lowest BCUT2D eigenvalue weighted by Crippen LogP contribution is -2.07. The van der Waals surface area contributed by atoms with E-state index in [1.807, 2.05) is 24.3 Å². The number of hydrazine groups is 1. The number of nitrogens with one attached hydrogen (secondary N) is 1. The van der Waals surface area contributed by atoms with E-state index in [1.54, 1.807) is 0 Å². The van der Waals surface area contributed by atoms with Crippen molar-refractivity contribution in [2.75, 3.05) is 10.8 Å². The number of anilines is 1. The Balaban J connectivity index is 2.74. The summed E-state index contributed by atoms with van der Waals surface area (Å²) in [5, 5.41) is 0.988. The number of alkyl halides is 1. The number of halogens is 1. The van der Waals surface area contributed by atoms with E-state index in [9.17, 15) is 0 Å². The van der Waals surface area contributed by atoms with Crippen LogP contribution in [0.15, 0.2) is 30.3 Å². The Labute approximate surface area is 86.9 Å². The first-order valence-electron chi connectivity index (χ1n) is 4.16. The molecule has 1 rings (SSSR count). The summed E-state index contributed by atoms with van der Waals surface area (Å²) < 4.78 is 0. The second-order valence-corrected chi connectivity index (χ2v) is 3.40. The van der Waals surface area contributed by atoms with E-state index in [0.29, 0.717) is 0 Å². The number of nitrogen functional groups attached to an aromatic ring is 1. The fourth-order valence-corrected chi connectivity index (χ4v) is 1.31. The van der Waals surface area contributed by atoms with Gasteiger partial charge in [-0.15, -0.1) is 0 Å². The second kappa shape index (κ2) is 5.78. The molecule has 0 spiro atoms. The van der Waals surface area contributed by atoms with Crippen molar-refractivity contribution in [3.63, 3.8) is 0 Å². The van der Waals surface area contributed by atoms with E-state index in [1.165, 1.54) is 0 Å². The minimum atomic E-state index is 0.952. The Kier molecular flexibility index (Phi) is 4.57. The molecule has 0 aromatic heterocycles. The highest BCUT2D eigenvalue weighted by atomic mass is 79.9. The van der Waals surface area contributed by atoms with Crippen molar-refractivity contribution in [3.05, 3.63) is 35.9 Å². The Morgan fingerprint density at radius 2 is 2.15 bits per heavy atom. The Morgan fingerprint density at radius 3 is 2.85 bits per heavy atom. The summed E-state index contributed by atoms with van der Waals surface area (Å²) in [6, 6.07) is 7.93. The van der Waals surface area contributed by atoms with Gasteiger partial charge in [0.05, 0.1) is 5.69 Å². The van der Waals surface area contributed by atoms with Gasteiger partial charge in [-0.2, -0.15) is 0 Å². The first-order chi connectivity index (χ1) is 6.38. The molecule has 13 heavy (non-hydrogen) atoms. The molecular weight excluding hydrogens is 228 g/mol. The van der Waals surface area contributed by atoms with Gasteiger partial charge in [0.1, 0.15) is 0 Å². The lowest BCUT2D eigenvalue weighted by atomic mass is 10.1. The number of nitrogens with two attached hydrogens (primary N) is 1. The van der Waals surface area contributed by atoms with Crippen molar-refractivity contribution in [1.82, 2.24) is 0 Å². The minimum Gasteiger partial charge on any atom is -0.324 e. The first kappa shape index (κ1) is 10.3. The molecule has 0 atom stereocenters. The van der Waals surface area contributed by atoms with Crippen LogP contribution >= 0.6 is 15.9 Å². The highest BCUT2D eigenvalue weighted by Gasteiger charge is 1.93. The van der Waals surface area contributed by atoms with E-state index in [-0.39, 0.29) is 0 Å². The molecule has 0 unspecified atom stereocenters. The molecule has 0 heterocycles. The average Bonchev–Trinajstić information content (AvgIpc) is 2.19. The third-order valence-electron chi connectivity index (χ3n) is 1.69. The van der Waals surface area contributed by atoms with E-state index >= 15 is 0 Å². The lowest BCUT2D eigenvalue weighted by molar-refractivity contribution is 1.27. The van der Waals surface area contributed by atoms with Gasteiger partial charge in [0.25, 0.3) is 0 Å². The van der Waals surface area contributed by atoms with E-state index in [4.69, 9.17) is 5.84 Å². The maximum atomic E-state index is 5.36. The van der Waals surface area contributed by atoms with Crippen LogP contribution in [0.2, 0.25) is 0 Å². The smallest absolute Gasteiger partial charge is 0.0557 e. The lowest BCUT2D eigenvalue weighted by Gasteiger charge is -2.03. The third kappa shape index (κ3) is 3.20. The molecular formula is C10H13BrN2. The maximum Gasteiger partial charge on any atom is 0.0557 e. The van der Waals surface area contributed by atoms with Gasteiger partial charge in [0.15, 0.2) is 0 Å². The number of benzene rings is 1. The number of para-hydroxylation sites is 1. The summed E-state index contributed by atoms with van der Waals surface area (Å²) >= 11 is 3.37. The topological polar surface area (TPSA) is 38.0 Å². The molecule has 70 valence electrons. The van der Waals surface area contributed by atoms with Crippen molar-refractivity contribution in [2.45, 2.75) is 6.42 Å². The molecule has 2 nitrogen and oxygen atoms in total. The number of allylic oxidation sites excluding steroid dienone is 1.